The van der Waals surface area contributed by atoms with Crippen LogP contribution < -0.4 is 10.7 Å². The molecule has 1 heterocycles. The molecule has 0 radical (unpaired) electrons. The van der Waals surface area contributed by atoms with Crippen molar-refractivity contribution in [3.63, 3.8) is 0 Å². The Kier molecular flexibility index (Phi) is 4.47. The molecule has 0 aliphatic carbocycles. The van der Waals surface area contributed by atoms with Gasteiger partial charge in [-0.15, -0.1) is 0 Å². The van der Waals surface area contributed by atoms with Gasteiger partial charge in [-0.05, 0) is 25.6 Å². The van der Waals surface area contributed by atoms with Crippen molar-refractivity contribution in [3.8, 4) is 5.69 Å². The molecule has 2 rings (SSSR count). The fourth-order valence-electron chi connectivity index (χ4n) is 2.03. The van der Waals surface area contributed by atoms with E-state index in [1.807, 2.05) is 6.92 Å². The molecule has 1 aromatic heterocycles. The molecular weight excluding hydrogens is 281 g/mol. The smallest absolute Gasteiger partial charge is 0.196 e. The van der Waals surface area contributed by atoms with E-state index in [-0.39, 0.29) is 11.1 Å². The van der Waals surface area contributed by atoms with Crippen LogP contribution in [-0.2, 0) is 6.54 Å². The highest BCUT2D eigenvalue weighted by molar-refractivity contribution is 5.38. The Labute approximate surface area is 120 Å². The molecule has 0 spiro atoms. The van der Waals surface area contributed by atoms with E-state index in [0.717, 1.165) is 12.1 Å². The highest BCUT2D eigenvalue weighted by Gasteiger charge is 2.16. The molecule has 1 N–H and O–H groups in total. The highest BCUT2D eigenvalue weighted by Crippen LogP contribution is 2.20. The summed E-state index contributed by atoms with van der Waals surface area (Å²) in [6, 6.07) is 3.34. The zero-order chi connectivity index (χ0) is 15.6. The van der Waals surface area contributed by atoms with Crippen LogP contribution in [0.15, 0.2) is 29.2 Å². The predicted octanol–water partition coefficient (Wildman–Crippen LogP) is 2.67. The number of hydrogen-bond donors (Lipinski definition) is 1. The van der Waals surface area contributed by atoms with E-state index in [2.05, 4.69) is 5.32 Å². The van der Waals surface area contributed by atoms with Crippen LogP contribution in [0.4, 0.5) is 13.2 Å². The van der Waals surface area contributed by atoms with Crippen LogP contribution in [0, 0.1) is 24.4 Å². The van der Waals surface area contributed by atoms with Crippen LogP contribution in [0.5, 0.6) is 0 Å². The molecule has 6 heteroatoms. The molecule has 0 aliphatic heterocycles. The van der Waals surface area contributed by atoms with Crippen molar-refractivity contribution < 1.29 is 13.2 Å². The zero-order valence-corrected chi connectivity index (χ0v) is 11.7. The molecular formula is C15H15F3N2O. The number of pyridine rings is 1. The van der Waals surface area contributed by atoms with Crippen molar-refractivity contribution in [2.75, 3.05) is 6.54 Å². The molecule has 0 unspecified atom stereocenters. The second-order valence-electron chi connectivity index (χ2n) is 4.65. The van der Waals surface area contributed by atoms with Crippen LogP contribution in [0.25, 0.3) is 5.69 Å². The summed E-state index contributed by atoms with van der Waals surface area (Å²) >= 11 is 0. The second-order valence-corrected chi connectivity index (χ2v) is 4.65. The summed E-state index contributed by atoms with van der Waals surface area (Å²) in [7, 11) is 0. The van der Waals surface area contributed by atoms with Crippen LogP contribution >= 0.6 is 0 Å². The van der Waals surface area contributed by atoms with Crippen molar-refractivity contribution in [1.29, 1.82) is 0 Å². The maximum atomic E-state index is 13.9. The van der Waals surface area contributed by atoms with E-state index >= 15 is 0 Å². The minimum atomic E-state index is -1.53. The fourth-order valence-corrected chi connectivity index (χ4v) is 2.03. The first kappa shape index (κ1) is 15.3. The number of benzene rings is 1. The lowest BCUT2D eigenvalue weighted by atomic mass is 10.2. The molecule has 0 amide bonds. The van der Waals surface area contributed by atoms with E-state index in [1.165, 1.54) is 16.8 Å². The van der Waals surface area contributed by atoms with Gasteiger partial charge in [-0.2, -0.15) is 0 Å². The average Bonchev–Trinajstić information content (AvgIpc) is 2.45. The van der Waals surface area contributed by atoms with E-state index in [0.29, 0.717) is 24.3 Å². The van der Waals surface area contributed by atoms with Crippen molar-refractivity contribution in [1.82, 2.24) is 9.88 Å². The molecule has 1 aromatic carbocycles. The molecule has 112 valence electrons. The normalized spacial score (nSPS) is 10.9. The minimum absolute atomic E-state index is 0.135. The van der Waals surface area contributed by atoms with E-state index in [9.17, 15) is 18.0 Å². The topological polar surface area (TPSA) is 34.0 Å². The summed E-state index contributed by atoms with van der Waals surface area (Å²) in [5.41, 5.74) is 0.536. The van der Waals surface area contributed by atoms with Gasteiger partial charge in [-0.25, -0.2) is 13.2 Å². The molecule has 0 saturated carbocycles. The summed E-state index contributed by atoms with van der Waals surface area (Å²) in [6.07, 6.45) is 1.44. The molecule has 0 fully saturated rings. The number of aryl methyl sites for hydroxylation is 1. The zero-order valence-electron chi connectivity index (χ0n) is 11.7. The summed E-state index contributed by atoms with van der Waals surface area (Å²) in [4.78, 5) is 11.9. The maximum absolute atomic E-state index is 13.9. The number of rotatable bonds is 4. The van der Waals surface area contributed by atoms with Gasteiger partial charge in [0, 0.05) is 30.1 Å². The van der Waals surface area contributed by atoms with Gasteiger partial charge in [0.2, 0.25) is 0 Å². The molecule has 0 saturated heterocycles. The Balaban J connectivity index is 2.58. The lowest BCUT2D eigenvalue weighted by Crippen LogP contribution is -2.21. The predicted molar refractivity (Wildman–Crippen MR) is 74.0 cm³/mol. The lowest BCUT2D eigenvalue weighted by molar-refractivity contribution is 0.444. The number of hydrogen-bond acceptors (Lipinski definition) is 2. The monoisotopic (exact) mass is 296 g/mol. The Morgan fingerprint density at radius 2 is 1.90 bits per heavy atom. The molecule has 21 heavy (non-hydrogen) atoms. The van der Waals surface area contributed by atoms with Crippen molar-refractivity contribution in [2.45, 2.75) is 20.4 Å². The van der Waals surface area contributed by atoms with Crippen LogP contribution in [-0.4, -0.2) is 11.1 Å². The van der Waals surface area contributed by atoms with Crippen LogP contribution in [0.1, 0.15) is 18.2 Å². The van der Waals surface area contributed by atoms with Gasteiger partial charge in [0.25, 0.3) is 0 Å². The van der Waals surface area contributed by atoms with Crippen LogP contribution in [0.3, 0.4) is 0 Å². The van der Waals surface area contributed by atoms with Crippen LogP contribution in [0.2, 0.25) is 0 Å². The number of halogens is 3. The lowest BCUT2D eigenvalue weighted by Gasteiger charge is -2.14. The Bertz CT molecular complexity index is 726. The quantitative estimate of drug-likeness (QED) is 0.880. The van der Waals surface area contributed by atoms with Crippen molar-refractivity contribution >= 4 is 0 Å². The first-order valence-corrected chi connectivity index (χ1v) is 6.52. The Morgan fingerprint density at radius 3 is 2.57 bits per heavy atom. The summed E-state index contributed by atoms with van der Waals surface area (Å²) in [5, 5.41) is 3.00. The third kappa shape index (κ3) is 3.00. The maximum Gasteiger partial charge on any atom is 0.196 e. The number of nitrogens with one attached hydrogen (secondary N) is 1. The van der Waals surface area contributed by atoms with Gasteiger partial charge in [0.05, 0.1) is 5.69 Å². The van der Waals surface area contributed by atoms with Gasteiger partial charge >= 0.3 is 0 Å². The minimum Gasteiger partial charge on any atom is -0.318 e. The fraction of sp³-hybridized carbons (Fsp3) is 0.267. The summed E-state index contributed by atoms with van der Waals surface area (Å²) in [6.45, 7) is 4.48. The SMILES string of the molecule is CCNCc1cn(-c2ccc(F)c(F)c2F)c(C)cc1=O. The summed E-state index contributed by atoms with van der Waals surface area (Å²) in [5.74, 6) is -4.06. The van der Waals surface area contributed by atoms with Gasteiger partial charge in [0.1, 0.15) is 0 Å². The highest BCUT2D eigenvalue weighted by atomic mass is 19.2. The largest absolute Gasteiger partial charge is 0.318 e. The van der Waals surface area contributed by atoms with Gasteiger partial charge in [0.15, 0.2) is 22.9 Å². The van der Waals surface area contributed by atoms with Gasteiger partial charge in [-0.1, -0.05) is 6.92 Å². The Morgan fingerprint density at radius 1 is 1.19 bits per heavy atom. The first-order valence-electron chi connectivity index (χ1n) is 6.52. The molecule has 0 atom stereocenters. The standard InChI is InChI=1S/C15H15F3N2O/c1-3-19-7-10-8-20(9(2)6-13(10)21)12-5-4-11(16)14(17)15(12)18/h4-6,8,19H,3,7H2,1-2H3. The Hall–Kier alpha value is -2.08. The van der Waals surface area contributed by atoms with Crippen molar-refractivity contribution in [3.05, 3.63) is 63.3 Å². The van der Waals surface area contributed by atoms with E-state index in [1.54, 1.807) is 6.92 Å². The van der Waals surface area contributed by atoms with Crippen molar-refractivity contribution in [2.24, 2.45) is 0 Å². The average molecular weight is 296 g/mol. The third-order valence-corrected chi connectivity index (χ3v) is 3.16. The van der Waals surface area contributed by atoms with Gasteiger partial charge in [-0.3, -0.25) is 4.79 Å². The number of aromatic nitrogens is 1. The van der Waals surface area contributed by atoms with E-state index < -0.39 is 17.5 Å². The number of nitrogens with zero attached hydrogens (tertiary/aromatic N) is 1. The molecule has 0 aliphatic rings. The third-order valence-electron chi connectivity index (χ3n) is 3.16. The second kappa shape index (κ2) is 6.13. The molecule has 3 nitrogen and oxygen atoms in total. The van der Waals surface area contributed by atoms with Gasteiger partial charge < -0.3 is 9.88 Å². The molecule has 0 bridgehead atoms. The first-order chi connectivity index (χ1) is 9.95. The molecule has 2 aromatic rings. The summed E-state index contributed by atoms with van der Waals surface area (Å²) < 4.78 is 41.6. The van der Waals surface area contributed by atoms with E-state index in [4.69, 9.17) is 0 Å².